The lowest BCUT2D eigenvalue weighted by atomic mass is 10.1. The Hall–Kier alpha value is -2.41. The normalized spacial score (nSPS) is 9.83. The molecule has 0 radical (unpaired) electrons. The van der Waals surface area contributed by atoms with Gasteiger partial charge >= 0.3 is 0 Å². The van der Waals surface area contributed by atoms with Crippen LogP contribution in [0.2, 0.25) is 0 Å². The molecule has 0 saturated heterocycles. The summed E-state index contributed by atoms with van der Waals surface area (Å²) in [5.41, 5.74) is 2.82. The number of hydrogen-bond acceptors (Lipinski definition) is 4. The lowest BCUT2D eigenvalue weighted by molar-refractivity contribution is 0.416. The topological polar surface area (TPSA) is 58.8 Å². The molecular formula is C14H13N3O. The average Bonchev–Trinajstić information content (AvgIpc) is 2.39. The molecule has 1 aromatic carbocycles. The van der Waals surface area contributed by atoms with Crippen molar-refractivity contribution < 1.29 is 4.74 Å². The van der Waals surface area contributed by atoms with Gasteiger partial charge in [-0.05, 0) is 25.1 Å². The zero-order chi connectivity index (χ0) is 13.0. The number of rotatable bonds is 3. The molecule has 1 aromatic heterocycles. The molecule has 4 heteroatoms. The summed E-state index contributed by atoms with van der Waals surface area (Å²) in [7, 11) is 1.63. The first-order chi connectivity index (χ1) is 8.74. The maximum Gasteiger partial charge on any atom is 0.142 e. The van der Waals surface area contributed by atoms with E-state index in [2.05, 4.69) is 9.97 Å². The number of methoxy groups -OCH3 is 1. The molecule has 0 spiro atoms. The first-order valence-corrected chi connectivity index (χ1v) is 5.58. The summed E-state index contributed by atoms with van der Waals surface area (Å²) in [6, 6.07) is 9.77. The third-order valence-electron chi connectivity index (χ3n) is 2.57. The Morgan fingerprint density at radius 3 is 2.89 bits per heavy atom. The molecule has 0 fully saturated rings. The zero-order valence-corrected chi connectivity index (χ0v) is 10.3. The Kier molecular flexibility index (Phi) is 3.54. The third kappa shape index (κ3) is 2.46. The molecule has 0 N–H and O–H groups in total. The van der Waals surface area contributed by atoms with Crippen LogP contribution in [0.15, 0.2) is 30.5 Å². The SMILES string of the molecule is COc1ccc(C)cc1-c1ccnc(CC#N)n1. The van der Waals surface area contributed by atoms with Crippen molar-refractivity contribution in [1.29, 1.82) is 5.26 Å². The Bertz CT molecular complexity index is 602. The van der Waals surface area contributed by atoms with Crippen molar-refractivity contribution >= 4 is 0 Å². The van der Waals surface area contributed by atoms with Crippen molar-refractivity contribution in [3.63, 3.8) is 0 Å². The Labute approximate surface area is 106 Å². The van der Waals surface area contributed by atoms with Crippen LogP contribution < -0.4 is 4.74 Å². The zero-order valence-electron chi connectivity index (χ0n) is 10.3. The predicted molar refractivity (Wildman–Crippen MR) is 68.1 cm³/mol. The standard InChI is InChI=1S/C14H13N3O/c1-10-3-4-13(18-2)11(9-10)12-6-8-16-14(17-12)5-7-15/h3-4,6,8-9H,5H2,1-2H3. The van der Waals surface area contributed by atoms with Crippen LogP contribution in [0.1, 0.15) is 11.4 Å². The van der Waals surface area contributed by atoms with E-state index in [1.807, 2.05) is 37.3 Å². The van der Waals surface area contributed by atoms with Crippen molar-refractivity contribution in [2.24, 2.45) is 0 Å². The molecule has 0 amide bonds. The smallest absolute Gasteiger partial charge is 0.142 e. The monoisotopic (exact) mass is 239 g/mol. The second kappa shape index (κ2) is 5.28. The van der Waals surface area contributed by atoms with E-state index in [1.165, 1.54) is 0 Å². The molecule has 1 heterocycles. The molecule has 0 aliphatic carbocycles. The van der Waals surface area contributed by atoms with Crippen molar-refractivity contribution in [1.82, 2.24) is 9.97 Å². The maximum absolute atomic E-state index is 8.67. The van der Waals surface area contributed by atoms with Crippen LogP contribution in [0.4, 0.5) is 0 Å². The summed E-state index contributed by atoms with van der Waals surface area (Å²) in [6.07, 6.45) is 1.87. The summed E-state index contributed by atoms with van der Waals surface area (Å²) < 4.78 is 5.33. The van der Waals surface area contributed by atoms with Crippen LogP contribution in [-0.2, 0) is 6.42 Å². The quantitative estimate of drug-likeness (QED) is 0.825. The number of aromatic nitrogens is 2. The number of ether oxygens (including phenoxy) is 1. The van der Waals surface area contributed by atoms with Gasteiger partial charge in [0.05, 0.1) is 25.3 Å². The van der Waals surface area contributed by atoms with Gasteiger partial charge in [0.1, 0.15) is 11.6 Å². The molecule has 2 aromatic rings. The molecule has 4 nitrogen and oxygen atoms in total. The van der Waals surface area contributed by atoms with Crippen LogP contribution in [0, 0.1) is 18.3 Å². The molecule has 0 aliphatic rings. The number of nitrogens with zero attached hydrogens (tertiary/aromatic N) is 3. The van der Waals surface area contributed by atoms with E-state index in [9.17, 15) is 0 Å². The highest BCUT2D eigenvalue weighted by Gasteiger charge is 2.08. The van der Waals surface area contributed by atoms with Gasteiger partial charge in [-0.3, -0.25) is 0 Å². The molecular weight excluding hydrogens is 226 g/mol. The van der Waals surface area contributed by atoms with E-state index >= 15 is 0 Å². The number of nitriles is 1. The summed E-state index contributed by atoms with van der Waals surface area (Å²) in [5.74, 6) is 1.29. The molecule has 0 unspecified atom stereocenters. The lowest BCUT2D eigenvalue weighted by Gasteiger charge is -2.09. The van der Waals surface area contributed by atoms with Gasteiger partial charge in [0.15, 0.2) is 0 Å². The summed E-state index contributed by atoms with van der Waals surface area (Å²) in [5, 5.41) is 8.67. The van der Waals surface area contributed by atoms with Gasteiger partial charge in [-0.15, -0.1) is 0 Å². The molecule has 0 saturated carbocycles. The average molecular weight is 239 g/mol. The van der Waals surface area contributed by atoms with Crippen LogP contribution in [0.5, 0.6) is 5.75 Å². The van der Waals surface area contributed by atoms with Crippen molar-refractivity contribution in [3.8, 4) is 23.1 Å². The summed E-state index contributed by atoms with van der Waals surface area (Å²) in [6.45, 7) is 2.01. The molecule has 0 bridgehead atoms. The van der Waals surface area contributed by atoms with Gasteiger partial charge in [-0.25, -0.2) is 9.97 Å². The molecule has 2 rings (SSSR count). The van der Waals surface area contributed by atoms with Crippen molar-refractivity contribution in [2.75, 3.05) is 7.11 Å². The minimum atomic E-state index is 0.210. The Morgan fingerprint density at radius 2 is 2.17 bits per heavy atom. The van der Waals surface area contributed by atoms with Gasteiger partial charge in [0, 0.05) is 11.8 Å². The van der Waals surface area contributed by atoms with Crippen LogP contribution >= 0.6 is 0 Å². The molecule has 18 heavy (non-hydrogen) atoms. The first kappa shape index (κ1) is 12.1. The van der Waals surface area contributed by atoms with Crippen LogP contribution in [-0.4, -0.2) is 17.1 Å². The summed E-state index contributed by atoms with van der Waals surface area (Å²) in [4.78, 5) is 8.43. The maximum atomic E-state index is 8.67. The highest BCUT2D eigenvalue weighted by molar-refractivity contribution is 5.67. The molecule has 0 atom stereocenters. The summed E-state index contributed by atoms with van der Waals surface area (Å²) >= 11 is 0. The fraction of sp³-hybridized carbons (Fsp3) is 0.214. The van der Waals surface area contributed by atoms with E-state index < -0.39 is 0 Å². The lowest BCUT2D eigenvalue weighted by Crippen LogP contribution is -1.96. The van der Waals surface area contributed by atoms with E-state index in [0.717, 1.165) is 22.6 Å². The Morgan fingerprint density at radius 1 is 1.33 bits per heavy atom. The molecule has 90 valence electrons. The Balaban J connectivity index is 2.51. The predicted octanol–water partition coefficient (Wildman–Crippen LogP) is 2.53. The van der Waals surface area contributed by atoms with Crippen molar-refractivity contribution in [3.05, 3.63) is 41.9 Å². The van der Waals surface area contributed by atoms with E-state index in [4.69, 9.17) is 10.00 Å². The number of aryl methyl sites for hydroxylation is 1. The second-order valence-electron chi connectivity index (χ2n) is 3.90. The largest absolute Gasteiger partial charge is 0.496 e. The minimum absolute atomic E-state index is 0.210. The third-order valence-corrected chi connectivity index (χ3v) is 2.57. The number of hydrogen-bond donors (Lipinski definition) is 0. The van der Waals surface area contributed by atoms with Gasteiger partial charge in [-0.2, -0.15) is 5.26 Å². The van der Waals surface area contributed by atoms with Crippen molar-refractivity contribution in [2.45, 2.75) is 13.3 Å². The number of benzene rings is 1. The van der Waals surface area contributed by atoms with Gasteiger partial charge < -0.3 is 4.74 Å². The highest BCUT2D eigenvalue weighted by Crippen LogP contribution is 2.29. The van der Waals surface area contributed by atoms with Crippen LogP contribution in [0.25, 0.3) is 11.3 Å². The first-order valence-electron chi connectivity index (χ1n) is 5.58. The van der Waals surface area contributed by atoms with Gasteiger partial charge in [0.2, 0.25) is 0 Å². The van der Waals surface area contributed by atoms with Gasteiger partial charge in [0.25, 0.3) is 0 Å². The van der Waals surface area contributed by atoms with Crippen LogP contribution in [0.3, 0.4) is 0 Å². The minimum Gasteiger partial charge on any atom is -0.496 e. The fourth-order valence-corrected chi connectivity index (χ4v) is 1.73. The van der Waals surface area contributed by atoms with E-state index in [1.54, 1.807) is 13.3 Å². The van der Waals surface area contributed by atoms with E-state index in [-0.39, 0.29) is 6.42 Å². The van der Waals surface area contributed by atoms with Gasteiger partial charge in [-0.1, -0.05) is 11.6 Å². The van der Waals surface area contributed by atoms with E-state index in [0.29, 0.717) is 5.82 Å². The second-order valence-corrected chi connectivity index (χ2v) is 3.90. The fourth-order valence-electron chi connectivity index (χ4n) is 1.73. The highest BCUT2D eigenvalue weighted by atomic mass is 16.5. The molecule has 0 aliphatic heterocycles.